The van der Waals surface area contributed by atoms with Gasteiger partial charge in [0.15, 0.2) is 5.34 Å². The SMILES string of the molecule is O=P(O)(O)C1(O)CCN(Cc2ccc(OCCCCc3ccccc3)cc2)C1. The van der Waals surface area contributed by atoms with Crippen LogP contribution in [-0.2, 0) is 17.5 Å². The molecule has 0 radical (unpaired) electrons. The quantitative estimate of drug-likeness (QED) is 0.439. The van der Waals surface area contributed by atoms with Crippen LogP contribution in [0.2, 0.25) is 0 Å². The Labute approximate surface area is 165 Å². The van der Waals surface area contributed by atoms with E-state index in [0.717, 1.165) is 30.6 Å². The molecule has 0 aromatic heterocycles. The van der Waals surface area contributed by atoms with Crippen molar-refractivity contribution < 1.29 is 24.2 Å². The summed E-state index contributed by atoms with van der Waals surface area (Å²) >= 11 is 0. The molecular weight excluding hydrogens is 377 g/mol. The molecule has 6 nitrogen and oxygen atoms in total. The summed E-state index contributed by atoms with van der Waals surface area (Å²) in [5, 5.41) is 8.19. The van der Waals surface area contributed by atoms with Gasteiger partial charge in [0.05, 0.1) is 6.61 Å². The molecule has 28 heavy (non-hydrogen) atoms. The molecule has 1 heterocycles. The van der Waals surface area contributed by atoms with Gasteiger partial charge in [-0.3, -0.25) is 9.46 Å². The largest absolute Gasteiger partial charge is 0.494 e. The number of benzene rings is 2. The predicted octanol–water partition coefficient (Wildman–Crippen LogP) is 3.16. The Morgan fingerprint density at radius 2 is 1.71 bits per heavy atom. The van der Waals surface area contributed by atoms with Crippen LogP contribution in [0.5, 0.6) is 5.75 Å². The number of aryl methyl sites for hydroxylation is 1. The monoisotopic (exact) mass is 405 g/mol. The minimum atomic E-state index is -4.52. The van der Waals surface area contributed by atoms with E-state index < -0.39 is 12.9 Å². The van der Waals surface area contributed by atoms with E-state index in [1.54, 1.807) is 0 Å². The van der Waals surface area contributed by atoms with Gasteiger partial charge in [0.25, 0.3) is 0 Å². The van der Waals surface area contributed by atoms with Crippen molar-refractivity contribution in [2.45, 2.75) is 37.6 Å². The van der Waals surface area contributed by atoms with Gasteiger partial charge in [0, 0.05) is 26.1 Å². The molecule has 1 unspecified atom stereocenters. The molecule has 2 aromatic carbocycles. The van der Waals surface area contributed by atoms with E-state index in [9.17, 15) is 19.5 Å². The summed E-state index contributed by atoms with van der Waals surface area (Å²) in [6, 6.07) is 18.2. The maximum absolute atomic E-state index is 11.4. The predicted molar refractivity (Wildman–Crippen MR) is 108 cm³/mol. The molecule has 7 heteroatoms. The fourth-order valence-electron chi connectivity index (χ4n) is 3.44. The molecule has 1 aliphatic heterocycles. The van der Waals surface area contributed by atoms with Crippen molar-refractivity contribution in [1.29, 1.82) is 0 Å². The molecule has 1 aliphatic rings. The number of hydrogen-bond donors (Lipinski definition) is 3. The zero-order valence-corrected chi connectivity index (χ0v) is 16.8. The van der Waals surface area contributed by atoms with Gasteiger partial charge in [0.1, 0.15) is 5.75 Å². The van der Waals surface area contributed by atoms with E-state index in [0.29, 0.717) is 19.7 Å². The highest BCUT2D eigenvalue weighted by molar-refractivity contribution is 7.53. The molecule has 0 spiro atoms. The van der Waals surface area contributed by atoms with Gasteiger partial charge in [-0.25, -0.2) is 0 Å². The third-order valence-electron chi connectivity index (χ3n) is 5.15. The number of unbranched alkanes of at least 4 members (excludes halogenated alkanes) is 1. The van der Waals surface area contributed by atoms with Crippen molar-refractivity contribution in [2.24, 2.45) is 0 Å². The van der Waals surface area contributed by atoms with E-state index in [4.69, 9.17) is 4.74 Å². The van der Waals surface area contributed by atoms with Gasteiger partial charge in [-0.1, -0.05) is 42.5 Å². The first-order chi connectivity index (χ1) is 13.4. The lowest BCUT2D eigenvalue weighted by Crippen LogP contribution is -2.32. The number of aliphatic hydroxyl groups is 1. The molecular formula is C21H28NO5P. The van der Waals surface area contributed by atoms with Crippen LogP contribution < -0.4 is 4.74 Å². The van der Waals surface area contributed by atoms with Crippen molar-refractivity contribution in [2.75, 3.05) is 19.7 Å². The normalized spacial score (nSPS) is 20.4. The lowest BCUT2D eigenvalue weighted by molar-refractivity contribution is 0.0962. The highest BCUT2D eigenvalue weighted by Crippen LogP contribution is 2.53. The van der Waals surface area contributed by atoms with Crippen LogP contribution in [0, 0.1) is 0 Å². The third kappa shape index (κ3) is 5.66. The topological polar surface area (TPSA) is 90.2 Å². The molecule has 1 atom stereocenters. The fourth-order valence-corrected chi connectivity index (χ4v) is 4.22. The Bertz CT molecular complexity index is 792. The number of ether oxygens (including phenoxy) is 1. The number of hydrogen-bond acceptors (Lipinski definition) is 4. The first kappa shape index (κ1) is 21.0. The third-order valence-corrected chi connectivity index (χ3v) is 6.60. The standard InChI is InChI=1S/C21H28NO5P/c23-21(28(24,25)26)13-14-22(17-21)16-19-9-11-20(12-10-19)27-15-5-4-8-18-6-2-1-3-7-18/h1-3,6-7,9-12,23H,4-5,8,13-17H2,(H2,24,25,26). The second-order valence-electron chi connectivity index (χ2n) is 7.42. The summed E-state index contributed by atoms with van der Waals surface area (Å²) in [6.45, 7) is 1.66. The Morgan fingerprint density at radius 1 is 1.00 bits per heavy atom. The van der Waals surface area contributed by atoms with E-state index in [-0.39, 0.29) is 13.0 Å². The lowest BCUT2D eigenvalue weighted by Gasteiger charge is -2.24. The Balaban J connectivity index is 1.39. The molecule has 3 rings (SSSR count). The highest BCUT2D eigenvalue weighted by atomic mass is 31.2. The zero-order chi connectivity index (χ0) is 20.0. The minimum absolute atomic E-state index is 0.0169. The molecule has 1 fully saturated rings. The van der Waals surface area contributed by atoms with Gasteiger partial charge in [0.2, 0.25) is 0 Å². The Hall–Kier alpha value is -1.69. The Morgan fingerprint density at radius 3 is 2.36 bits per heavy atom. The van der Waals surface area contributed by atoms with Crippen molar-refractivity contribution >= 4 is 7.60 Å². The first-order valence-corrected chi connectivity index (χ1v) is 11.2. The van der Waals surface area contributed by atoms with Crippen molar-refractivity contribution in [1.82, 2.24) is 4.90 Å². The van der Waals surface area contributed by atoms with E-state index in [2.05, 4.69) is 24.3 Å². The van der Waals surface area contributed by atoms with Crippen LogP contribution in [0.25, 0.3) is 0 Å². The van der Waals surface area contributed by atoms with Crippen molar-refractivity contribution in [3.05, 3.63) is 65.7 Å². The van der Waals surface area contributed by atoms with Crippen LogP contribution in [0.1, 0.15) is 30.4 Å². The summed E-state index contributed by atoms with van der Waals surface area (Å²) < 4.78 is 17.2. The molecule has 2 aromatic rings. The summed E-state index contributed by atoms with van der Waals surface area (Å²) in [5.74, 6) is 0.816. The number of β-amino-alcohol motifs (C(OH)–C–C–N with tert-alkyl or cyclic N) is 1. The maximum Gasteiger partial charge on any atom is 0.358 e. The van der Waals surface area contributed by atoms with Crippen molar-refractivity contribution in [3.8, 4) is 5.75 Å². The summed E-state index contributed by atoms with van der Waals surface area (Å²) in [5.41, 5.74) is 2.37. The first-order valence-electron chi connectivity index (χ1n) is 9.62. The van der Waals surface area contributed by atoms with Gasteiger partial charge in [-0.2, -0.15) is 0 Å². The fraction of sp³-hybridized carbons (Fsp3) is 0.429. The van der Waals surface area contributed by atoms with E-state index >= 15 is 0 Å². The molecule has 3 N–H and O–H groups in total. The van der Waals surface area contributed by atoms with E-state index in [1.807, 2.05) is 35.2 Å². The van der Waals surface area contributed by atoms with Crippen molar-refractivity contribution in [3.63, 3.8) is 0 Å². The smallest absolute Gasteiger partial charge is 0.358 e. The van der Waals surface area contributed by atoms with Crippen LogP contribution in [-0.4, -0.2) is 44.8 Å². The molecule has 0 saturated carbocycles. The van der Waals surface area contributed by atoms with Gasteiger partial charge < -0.3 is 19.6 Å². The van der Waals surface area contributed by atoms with Crippen LogP contribution in [0.15, 0.2) is 54.6 Å². The second-order valence-corrected chi connectivity index (χ2v) is 9.34. The van der Waals surface area contributed by atoms with Gasteiger partial charge in [-0.15, -0.1) is 0 Å². The highest BCUT2D eigenvalue weighted by Gasteiger charge is 2.49. The Kier molecular flexibility index (Phi) is 6.91. The number of likely N-dealkylation sites (tertiary alicyclic amines) is 1. The molecule has 152 valence electrons. The molecule has 0 amide bonds. The average molecular weight is 405 g/mol. The number of nitrogens with zero attached hydrogens (tertiary/aromatic N) is 1. The lowest BCUT2D eigenvalue weighted by atomic mass is 10.1. The minimum Gasteiger partial charge on any atom is -0.494 e. The van der Waals surface area contributed by atoms with E-state index in [1.165, 1.54) is 5.56 Å². The molecule has 0 aliphatic carbocycles. The molecule has 1 saturated heterocycles. The van der Waals surface area contributed by atoms with Crippen LogP contribution >= 0.6 is 7.60 Å². The maximum atomic E-state index is 11.4. The van der Waals surface area contributed by atoms with Crippen LogP contribution in [0.3, 0.4) is 0 Å². The van der Waals surface area contributed by atoms with Gasteiger partial charge >= 0.3 is 7.60 Å². The summed E-state index contributed by atoms with van der Waals surface area (Å²) in [4.78, 5) is 20.5. The zero-order valence-electron chi connectivity index (χ0n) is 15.9. The second kappa shape index (κ2) is 9.21. The summed E-state index contributed by atoms with van der Waals surface area (Å²) in [6.07, 6.45) is 3.21. The van der Waals surface area contributed by atoms with Gasteiger partial charge in [-0.05, 0) is 42.5 Å². The van der Waals surface area contributed by atoms with Crippen LogP contribution in [0.4, 0.5) is 0 Å². The molecule has 0 bridgehead atoms. The number of rotatable bonds is 9. The average Bonchev–Trinajstić information content (AvgIpc) is 3.06. The summed E-state index contributed by atoms with van der Waals surface area (Å²) in [7, 11) is -4.52.